The van der Waals surface area contributed by atoms with Crippen molar-refractivity contribution in [1.29, 1.82) is 0 Å². The Labute approximate surface area is 332 Å². The molecule has 2 atom stereocenters. The lowest BCUT2D eigenvalue weighted by molar-refractivity contribution is 0.519. The Morgan fingerprint density at radius 2 is 0.927 bits per heavy atom. The van der Waals surface area contributed by atoms with Crippen LogP contribution in [0.2, 0.25) is 23.1 Å². The van der Waals surface area contributed by atoms with Gasteiger partial charge in [0.05, 0.1) is 8.07 Å². The van der Waals surface area contributed by atoms with Crippen molar-refractivity contribution in [1.82, 2.24) is 0 Å². The smallest absolute Gasteiger partial charge is 0.130 e. The number of halogens is 2. The van der Waals surface area contributed by atoms with E-state index in [1.165, 1.54) is 44.5 Å². The van der Waals surface area contributed by atoms with E-state index in [4.69, 9.17) is 32.0 Å². The minimum Gasteiger partial charge on any atom is -0.462 e. The van der Waals surface area contributed by atoms with Crippen LogP contribution in [0.3, 0.4) is 0 Å². The number of hydrogen-bond acceptors (Lipinski definition) is 2. The standard InChI is InChI=1S/C50H38Cl2O2Si/c1-29-19-21-47(53-29)43-27-41-35(33-23-31-11-5-7-13-37(31)45(51)25-33)15-9-17-39(41)49(43)55(3,4)50-40-18-10-16-36(42(40)28-44(50)48-22-20-30(2)54-48)34-24-32-12-6-8-14-38(32)46(52)26-34/h5-28,49-50H,1-4H3. The van der Waals surface area contributed by atoms with Crippen LogP contribution in [0.25, 0.3) is 67.1 Å². The largest absolute Gasteiger partial charge is 0.462 e. The summed E-state index contributed by atoms with van der Waals surface area (Å²) < 4.78 is 13.0. The van der Waals surface area contributed by atoms with Crippen molar-refractivity contribution in [2.75, 3.05) is 0 Å². The minimum absolute atomic E-state index is 0.123. The van der Waals surface area contributed by atoms with Crippen LogP contribution in [-0.2, 0) is 0 Å². The van der Waals surface area contributed by atoms with E-state index in [-0.39, 0.29) is 11.1 Å². The zero-order valence-corrected chi connectivity index (χ0v) is 33.6. The van der Waals surface area contributed by atoms with Crippen molar-refractivity contribution in [2.45, 2.75) is 38.0 Å². The van der Waals surface area contributed by atoms with E-state index >= 15 is 0 Å². The third-order valence-corrected chi connectivity index (χ3v) is 16.8. The van der Waals surface area contributed by atoms with Gasteiger partial charge in [0.15, 0.2) is 0 Å². The summed E-state index contributed by atoms with van der Waals surface area (Å²) in [5, 5.41) is 5.91. The van der Waals surface area contributed by atoms with Gasteiger partial charge in [-0.2, -0.15) is 0 Å². The number of rotatable bonds is 6. The topological polar surface area (TPSA) is 26.3 Å². The van der Waals surface area contributed by atoms with E-state index in [1.807, 2.05) is 26.0 Å². The normalized spacial score (nSPS) is 16.4. The molecule has 0 amide bonds. The number of furan rings is 2. The molecule has 2 aliphatic carbocycles. The van der Waals surface area contributed by atoms with Crippen LogP contribution in [-0.4, -0.2) is 8.07 Å². The molecule has 0 saturated carbocycles. The third-order valence-electron chi connectivity index (χ3n) is 11.9. The van der Waals surface area contributed by atoms with Gasteiger partial charge in [-0.25, -0.2) is 0 Å². The highest BCUT2D eigenvalue weighted by molar-refractivity contribution is 6.84. The van der Waals surface area contributed by atoms with E-state index in [1.54, 1.807) is 0 Å². The summed E-state index contributed by atoms with van der Waals surface area (Å²) in [5.74, 6) is 3.67. The van der Waals surface area contributed by atoms with Crippen LogP contribution in [0.5, 0.6) is 0 Å². The van der Waals surface area contributed by atoms with E-state index in [0.717, 1.165) is 65.8 Å². The summed E-state index contributed by atoms with van der Waals surface area (Å²) in [7, 11) is -2.48. The zero-order chi connectivity index (χ0) is 37.6. The van der Waals surface area contributed by atoms with Gasteiger partial charge in [-0.05, 0) is 130 Å². The number of fused-ring (bicyclic) bond motifs is 4. The molecule has 2 heterocycles. The number of benzene rings is 6. The van der Waals surface area contributed by atoms with Gasteiger partial charge in [0.1, 0.15) is 23.0 Å². The molecule has 6 aromatic carbocycles. The van der Waals surface area contributed by atoms with Crippen molar-refractivity contribution < 1.29 is 8.83 Å². The summed E-state index contributed by atoms with van der Waals surface area (Å²) in [5.41, 5.74) is 12.5. The first-order chi connectivity index (χ1) is 26.7. The molecule has 10 rings (SSSR count). The molecule has 0 spiro atoms. The fraction of sp³-hybridized carbons (Fsp3) is 0.120. The third kappa shape index (κ3) is 5.51. The number of hydrogen-bond donors (Lipinski definition) is 0. The van der Waals surface area contributed by atoms with Crippen molar-refractivity contribution in [3.8, 4) is 22.3 Å². The molecular weight excluding hydrogens is 732 g/mol. The summed E-state index contributed by atoms with van der Waals surface area (Å²) >= 11 is 13.9. The Morgan fingerprint density at radius 3 is 1.35 bits per heavy atom. The molecule has 2 aromatic heterocycles. The Kier molecular flexibility index (Phi) is 8.01. The predicted octanol–water partition coefficient (Wildman–Crippen LogP) is 15.2. The molecule has 8 aromatic rings. The van der Waals surface area contributed by atoms with Gasteiger partial charge in [0.25, 0.3) is 0 Å². The second kappa shape index (κ2) is 12.9. The lowest BCUT2D eigenvalue weighted by Crippen LogP contribution is -2.42. The maximum Gasteiger partial charge on any atom is 0.130 e. The predicted molar refractivity (Wildman–Crippen MR) is 234 cm³/mol. The lowest BCUT2D eigenvalue weighted by Gasteiger charge is -2.39. The molecule has 2 aliphatic rings. The number of aryl methyl sites for hydroxylation is 2. The van der Waals surface area contributed by atoms with Gasteiger partial charge >= 0.3 is 0 Å². The molecule has 0 aliphatic heterocycles. The van der Waals surface area contributed by atoms with Crippen LogP contribution in [0, 0.1) is 13.8 Å². The van der Waals surface area contributed by atoms with Gasteiger partial charge in [-0.1, -0.05) is 121 Å². The van der Waals surface area contributed by atoms with Crippen molar-refractivity contribution in [2.24, 2.45) is 0 Å². The van der Waals surface area contributed by atoms with E-state index in [9.17, 15) is 0 Å². The fourth-order valence-corrected chi connectivity index (χ4v) is 14.6. The van der Waals surface area contributed by atoms with E-state index < -0.39 is 8.07 Å². The Morgan fingerprint density at radius 1 is 0.491 bits per heavy atom. The van der Waals surface area contributed by atoms with Gasteiger partial charge in [-0.15, -0.1) is 0 Å². The first-order valence-corrected chi connectivity index (χ1v) is 22.8. The molecular formula is C50H38Cl2O2Si. The van der Waals surface area contributed by atoms with Crippen LogP contribution in [0.1, 0.15) is 56.4 Å². The second-order valence-electron chi connectivity index (χ2n) is 15.7. The molecule has 55 heavy (non-hydrogen) atoms. The quantitative estimate of drug-likeness (QED) is 0.157. The zero-order valence-electron chi connectivity index (χ0n) is 31.1. The van der Waals surface area contributed by atoms with Crippen LogP contribution >= 0.6 is 23.2 Å². The average Bonchev–Trinajstić information content (AvgIpc) is 3.99. The Bertz CT molecular complexity index is 2730. The minimum atomic E-state index is -2.48. The maximum absolute atomic E-state index is 6.95. The van der Waals surface area contributed by atoms with Crippen molar-refractivity contribution in [3.63, 3.8) is 0 Å². The highest BCUT2D eigenvalue weighted by Gasteiger charge is 2.50. The number of allylic oxidation sites excluding steroid dienone is 2. The first kappa shape index (κ1) is 34.2. The van der Waals surface area contributed by atoms with Crippen LogP contribution in [0.4, 0.5) is 0 Å². The van der Waals surface area contributed by atoms with Gasteiger partial charge in [-0.3, -0.25) is 0 Å². The van der Waals surface area contributed by atoms with Gasteiger partial charge in [0, 0.05) is 43.0 Å². The molecule has 5 heteroatoms. The lowest BCUT2D eigenvalue weighted by atomic mass is 9.95. The molecule has 0 bridgehead atoms. The molecule has 0 N–H and O–H groups in total. The molecule has 2 nitrogen and oxygen atoms in total. The van der Waals surface area contributed by atoms with Crippen molar-refractivity contribution >= 4 is 76.1 Å². The van der Waals surface area contributed by atoms with E-state index in [2.05, 4.69) is 147 Å². The molecule has 2 unspecified atom stereocenters. The van der Waals surface area contributed by atoms with Gasteiger partial charge < -0.3 is 8.83 Å². The van der Waals surface area contributed by atoms with Crippen LogP contribution < -0.4 is 0 Å². The highest BCUT2D eigenvalue weighted by Crippen LogP contribution is 2.58. The molecule has 0 saturated heterocycles. The highest BCUT2D eigenvalue weighted by atomic mass is 35.5. The van der Waals surface area contributed by atoms with Crippen LogP contribution in [0.15, 0.2) is 142 Å². The summed E-state index contributed by atoms with van der Waals surface area (Å²) in [6.45, 7) is 9.16. The summed E-state index contributed by atoms with van der Waals surface area (Å²) in [6.07, 6.45) is 4.80. The summed E-state index contributed by atoms with van der Waals surface area (Å²) in [6, 6.07) is 47.5. The average molecular weight is 770 g/mol. The second-order valence-corrected chi connectivity index (χ2v) is 21.3. The maximum atomic E-state index is 6.95. The van der Waals surface area contributed by atoms with Gasteiger partial charge in [0.2, 0.25) is 0 Å². The Hall–Kier alpha value is -5.32. The first-order valence-electron chi connectivity index (χ1n) is 18.9. The Balaban J connectivity index is 1.18. The van der Waals surface area contributed by atoms with E-state index in [0.29, 0.717) is 0 Å². The monoisotopic (exact) mass is 768 g/mol. The SMILES string of the molecule is Cc1ccc(C2=Cc3c(-c4cc(Cl)c5ccccc5c4)cccc3C2[Si](C)(C)C2C(c3ccc(C)o3)=Cc3c(-c4cc(Cl)c5ccccc5c4)cccc32)o1. The fourth-order valence-electron chi connectivity index (χ4n) is 9.52. The molecule has 268 valence electrons. The van der Waals surface area contributed by atoms with Crippen molar-refractivity contribution in [3.05, 3.63) is 189 Å². The molecule has 0 fully saturated rings. The molecule has 0 radical (unpaired) electrons. The summed E-state index contributed by atoms with van der Waals surface area (Å²) in [4.78, 5) is 0.